The summed E-state index contributed by atoms with van der Waals surface area (Å²) in [6, 6.07) is 9.20. The smallest absolute Gasteiger partial charge is 0.212 e. The third-order valence-corrected chi connectivity index (χ3v) is 2.66. The van der Waals surface area contributed by atoms with Crippen molar-refractivity contribution in [2.75, 3.05) is 0 Å². The van der Waals surface area contributed by atoms with Gasteiger partial charge < -0.3 is 0 Å². The van der Waals surface area contributed by atoms with E-state index in [-0.39, 0.29) is 5.78 Å². The first kappa shape index (κ1) is 9.09. The summed E-state index contributed by atoms with van der Waals surface area (Å²) in [5.74, 6) is -0.00468. The molecule has 2 nitrogen and oxygen atoms in total. The molecule has 0 unspecified atom stereocenters. The summed E-state index contributed by atoms with van der Waals surface area (Å²) in [6.07, 6.45) is 0. The van der Waals surface area contributed by atoms with Gasteiger partial charge >= 0.3 is 0 Å². The van der Waals surface area contributed by atoms with Crippen LogP contribution < -0.4 is 0 Å². The fraction of sp³-hybridized carbons (Fsp3) is 0.0909. The first-order chi connectivity index (χ1) is 6.77. The van der Waals surface area contributed by atoms with Crippen molar-refractivity contribution in [1.29, 1.82) is 0 Å². The first-order valence-corrected chi connectivity index (χ1v) is 5.17. The zero-order valence-corrected chi connectivity index (χ0v) is 8.54. The fourth-order valence-corrected chi connectivity index (χ4v) is 1.80. The summed E-state index contributed by atoms with van der Waals surface area (Å²) < 4.78 is 0. The molecule has 1 aromatic carbocycles. The molecule has 0 aliphatic heterocycles. The average Bonchev–Trinajstić information content (AvgIpc) is 2.65. The summed E-state index contributed by atoms with van der Waals surface area (Å²) >= 11 is 1.50. The topological polar surface area (TPSA) is 30.0 Å². The molecule has 1 heterocycles. The predicted molar refractivity (Wildman–Crippen MR) is 56.7 cm³/mol. The second kappa shape index (κ2) is 3.72. The minimum atomic E-state index is -0.00468. The molecule has 14 heavy (non-hydrogen) atoms. The van der Waals surface area contributed by atoms with Gasteiger partial charge in [-0.1, -0.05) is 30.3 Å². The van der Waals surface area contributed by atoms with Gasteiger partial charge in [0.25, 0.3) is 0 Å². The van der Waals surface area contributed by atoms with E-state index in [4.69, 9.17) is 0 Å². The zero-order chi connectivity index (χ0) is 9.97. The molecule has 70 valence electrons. The Bertz CT molecular complexity index is 447. The summed E-state index contributed by atoms with van der Waals surface area (Å²) in [4.78, 5) is 16.0. The quantitative estimate of drug-likeness (QED) is 0.702. The second-order valence-electron chi connectivity index (χ2n) is 2.95. The molecular weight excluding hydrogens is 194 g/mol. The Morgan fingerprint density at radius 1 is 1.29 bits per heavy atom. The van der Waals surface area contributed by atoms with Gasteiger partial charge in [0.2, 0.25) is 5.78 Å². The van der Waals surface area contributed by atoms with E-state index in [9.17, 15) is 4.79 Å². The van der Waals surface area contributed by atoms with Gasteiger partial charge in [0, 0.05) is 10.9 Å². The molecule has 0 radical (unpaired) electrons. The number of aromatic nitrogens is 1. The largest absolute Gasteiger partial charge is 0.287 e. The molecule has 0 fully saturated rings. The molecule has 2 aromatic rings. The van der Waals surface area contributed by atoms with Crippen LogP contribution in [-0.4, -0.2) is 10.8 Å². The van der Waals surface area contributed by atoms with Crippen molar-refractivity contribution in [3.63, 3.8) is 0 Å². The van der Waals surface area contributed by atoms with E-state index in [1.54, 1.807) is 17.5 Å². The van der Waals surface area contributed by atoms with E-state index in [1.165, 1.54) is 11.3 Å². The minimum Gasteiger partial charge on any atom is -0.287 e. The Morgan fingerprint density at radius 3 is 2.57 bits per heavy atom. The van der Waals surface area contributed by atoms with Crippen molar-refractivity contribution in [3.05, 3.63) is 52.0 Å². The van der Waals surface area contributed by atoms with Crippen LogP contribution in [-0.2, 0) is 0 Å². The van der Waals surface area contributed by atoms with Gasteiger partial charge in [0.05, 0.1) is 5.01 Å². The highest BCUT2D eigenvalue weighted by atomic mass is 32.1. The lowest BCUT2D eigenvalue weighted by Crippen LogP contribution is -2.00. The SMILES string of the molecule is Cc1nc(C(=O)c2ccccc2)cs1. The fourth-order valence-electron chi connectivity index (χ4n) is 1.21. The highest BCUT2D eigenvalue weighted by molar-refractivity contribution is 7.09. The number of carbonyl (C=O) groups excluding carboxylic acids is 1. The van der Waals surface area contributed by atoms with Crippen LogP contribution in [0.3, 0.4) is 0 Å². The maximum absolute atomic E-state index is 11.8. The Hall–Kier alpha value is -1.48. The number of nitrogens with zero attached hydrogens (tertiary/aromatic N) is 1. The highest BCUT2D eigenvalue weighted by Crippen LogP contribution is 2.12. The molecule has 0 saturated carbocycles. The second-order valence-corrected chi connectivity index (χ2v) is 4.01. The van der Waals surface area contributed by atoms with Crippen LogP contribution in [0.4, 0.5) is 0 Å². The lowest BCUT2D eigenvalue weighted by atomic mass is 10.1. The van der Waals surface area contributed by atoms with Crippen LogP contribution >= 0.6 is 11.3 Å². The van der Waals surface area contributed by atoms with Crippen LogP contribution in [0.1, 0.15) is 21.1 Å². The molecule has 2 rings (SSSR count). The summed E-state index contributed by atoms with van der Waals surface area (Å²) in [7, 11) is 0. The lowest BCUT2D eigenvalue weighted by molar-refractivity contribution is 0.103. The van der Waals surface area contributed by atoms with Gasteiger partial charge in [-0.15, -0.1) is 11.3 Å². The van der Waals surface area contributed by atoms with Crippen LogP contribution in [0.5, 0.6) is 0 Å². The van der Waals surface area contributed by atoms with Gasteiger partial charge in [0.15, 0.2) is 0 Å². The third-order valence-electron chi connectivity index (χ3n) is 1.89. The van der Waals surface area contributed by atoms with Crippen molar-refractivity contribution in [2.24, 2.45) is 0 Å². The predicted octanol–water partition coefficient (Wildman–Crippen LogP) is 2.68. The molecule has 0 aliphatic rings. The molecular formula is C11H9NOS. The van der Waals surface area contributed by atoms with Crippen molar-refractivity contribution in [2.45, 2.75) is 6.92 Å². The summed E-state index contributed by atoms with van der Waals surface area (Å²) in [5.41, 5.74) is 1.23. The molecule has 0 N–H and O–H groups in total. The van der Waals surface area contributed by atoms with Crippen molar-refractivity contribution >= 4 is 17.1 Å². The average molecular weight is 203 g/mol. The molecule has 0 atom stereocenters. The van der Waals surface area contributed by atoms with E-state index in [0.29, 0.717) is 11.3 Å². The van der Waals surface area contributed by atoms with E-state index in [2.05, 4.69) is 4.98 Å². The number of aryl methyl sites for hydroxylation is 1. The zero-order valence-electron chi connectivity index (χ0n) is 7.73. The number of thiazole rings is 1. The lowest BCUT2D eigenvalue weighted by Gasteiger charge is -1.95. The van der Waals surface area contributed by atoms with Gasteiger partial charge in [0.1, 0.15) is 5.69 Å². The van der Waals surface area contributed by atoms with E-state index in [0.717, 1.165) is 5.01 Å². The van der Waals surface area contributed by atoms with Gasteiger partial charge in [-0.2, -0.15) is 0 Å². The van der Waals surface area contributed by atoms with E-state index < -0.39 is 0 Å². The van der Waals surface area contributed by atoms with Crippen LogP contribution in [0, 0.1) is 6.92 Å². The molecule has 0 spiro atoms. The Balaban J connectivity index is 2.34. The molecule has 0 aliphatic carbocycles. The molecule has 0 amide bonds. The van der Waals surface area contributed by atoms with Gasteiger partial charge in [-0.05, 0) is 6.92 Å². The Kier molecular flexibility index (Phi) is 2.41. The molecule has 3 heteroatoms. The van der Waals surface area contributed by atoms with E-state index in [1.807, 2.05) is 25.1 Å². The van der Waals surface area contributed by atoms with Crippen molar-refractivity contribution < 1.29 is 4.79 Å². The number of hydrogen-bond acceptors (Lipinski definition) is 3. The van der Waals surface area contributed by atoms with Crippen LogP contribution in [0.25, 0.3) is 0 Å². The number of benzene rings is 1. The summed E-state index contributed by atoms with van der Waals surface area (Å²) in [5, 5.41) is 2.72. The monoisotopic (exact) mass is 203 g/mol. The maximum Gasteiger partial charge on any atom is 0.212 e. The maximum atomic E-state index is 11.8. The van der Waals surface area contributed by atoms with Crippen molar-refractivity contribution in [1.82, 2.24) is 4.98 Å². The standard InChI is InChI=1S/C11H9NOS/c1-8-12-10(7-14-8)11(13)9-5-3-2-4-6-9/h2-7H,1H3. The summed E-state index contributed by atoms with van der Waals surface area (Å²) in [6.45, 7) is 1.90. The normalized spacial score (nSPS) is 10.1. The molecule has 0 saturated heterocycles. The van der Waals surface area contributed by atoms with Crippen LogP contribution in [0.15, 0.2) is 35.7 Å². The first-order valence-electron chi connectivity index (χ1n) is 4.29. The Labute approximate surface area is 86.2 Å². The van der Waals surface area contributed by atoms with Crippen LogP contribution in [0.2, 0.25) is 0 Å². The minimum absolute atomic E-state index is 0.00468. The third kappa shape index (κ3) is 1.72. The van der Waals surface area contributed by atoms with E-state index >= 15 is 0 Å². The van der Waals surface area contributed by atoms with Crippen molar-refractivity contribution in [3.8, 4) is 0 Å². The number of rotatable bonds is 2. The number of ketones is 1. The highest BCUT2D eigenvalue weighted by Gasteiger charge is 2.10. The molecule has 1 aromatic heterocycles. The van der Waals surface area contributed by atoms with Gasteiger partial charge in [-0.25, -0.2) is 4.98 Å². The Morgan fingerprint density at radius 2 is 2.00 bits per heavy atom. The number of hydrogen-bond donors (Lipinski definition) is 0. The van der Waals surface area contributed by atoms with Gasteiger partial charge in [-0.3, -0.25) is 4.79 Å². The number of carbonyl (C=O) groups is 1. The molecule has 0 bridgehead atoms.